The first-order chi connectivity index (χ1) is 7.17. The van der Waals surface area contributed by atoms with Gasteiger partial charge in [-0.3, -0.25) is 0 Å². The van der Waals surface area contributed by atoms with E-state index in [1.807, 2.05) is 12.3 Å². The molecule has 1 fully saturated rings. The summed E-state index contributed by atoms with van der Waals surface area (Å²) >= 11 is 1.38. The summed E-state index contributed by atoms with van der Waals surface area (Å²) in [7, 11) is 0. The van der Waals surface area contributed by atoms with Crippen LogP contribution in [0.3, 0.4) is 0 Å². The van der Waals surface area contributed by atoms with Crippen molar-refractivity contribution in [1.29, 1.82) is 0 Å². The Morgan fingerprint density at radius 2 is 2.00 bits per heavy atom. The second-order valence-corrected chi connectivity index (χ2v) is 4.91. The first-order valence-electron chi connectivity index (χ1n) is 5.23. The maximum Gasteiger partial charge on any atom is 0.142 e. The monoisotopic (exact) mass is 226 g/mol. The van der Waals surface area contributed by atoms with Crippen LogP contribution in [-0.4, -0.2) is 11.4 Å². The molecule has 1 aromatic rings. The lowest BCUT2D eigenvalue weighted by atomic mass is 9.92. The Balaban J connectivity index is 2.43. The number of hydrogen-bond donors (Lipinski definition) is 1. The van der Waals surface area contributed by atoms with Crippen LogP contribution in [0.15, 0.2) is 23.1 Å². The summed E-state index contributed by atoms with van der Waals surface area (Å²) in [6.45, 7) is 0. The van der Waals surface area contributed by atoms with E-state index < -0.39 is 5.60 Å². The SMILES string of the molecule is CSc1cccc(C2(O)CCCC2)c1F. The van der Waals surface area contributed by atoms with Crippen molar-refractivity contribution in [3.05, 3.63) is 29.6 Å². The van der Waals surface area contributed by atoms with Crippen molar-refractivity contribution >= 4 is 11.8 Å². The quantitative estimate of drug-likeness (QED) is 0.781. The van der Waals surface area contributed by atoms with Crippen LogP contribution >= 0.6 is 11.8 Å². The molecular formula is C12H15FOS. The first-order valence-corrected chi connectivity index (χ1v) is 6.45. The van der Waals surface area contributed by atoms with Crippen molar-refractivity contribution in [2.75, 3.05) is 6.26 Å². The summed E-state index contributed by atoms with van der Waals surface area (Å²) in [5.41, 5.74) is -0.442. The highest BCUT2D eigenvalue weighted by molar-refractivity contribution is 7.98. The molecule has 1 aliphatic carbocycles. The summed E-state index contributed by atoms with van der Waals surface area (Å²) in [5.74, 6) is -0.241. The van der Waals surface area contributed by atoms with Crippen LogP contribution in [0.5, 0.6) is 0 Å². The van der Waals surface area contributed by atoms with E-state index in [1.54, 1.807) is 12.1 Å². The Morgan fingerprint density at radius 3 is 2.60 bits per heavy atom. The van der Waals surface area contributed by atoms with Gasteiger partial charge in [-0.05, 0) is 25.2 Å². The van der Waals surface area contributed by atoms with Gasteiger partial charge < -0.3 is 5.11 Å². The smallest absolute Gasteiger partial charge is 0.142 e. The molecule has 0 aromatic heterocycles. The van der Waals surface area contributed by atoms with Crippen molar-refractivity contribution in [2.24, 2.45) is 0 Å². The average molecular weight is 226 g/mol. The topological polar surface area (TPSA) is 20.2 Å². The maximum atomic E-state index is 14.0. The van der Waals surface area contributed by atoms with Crippen LogP contribution in [-0.2, 0) is 5.60 Å². The van der Waals surface area contributed by atoms with Crippen LogP contribution in [0.1, 0.15) is 31.2 Å². The number of thioether (sulfide) groups is 1. The number of halogens is 1. The molecule has 1 N–H and O–H groups in total. The van der Waals surface area contributed by atoms with Gasteiger partial charge >= 0.3 is 0 Å². The van der Waals surface area contributed by atoms with Gasteiger partial charge in [-0.25, -0.2) is 4.39 Å². The zero-order chi connectivity index (χ0) is 10.9. The minimum atomic E-state index is -0.921. The largest absolute Gasteiger partial charge is 0.385 e. The van der Waals surface area contributed by atoms with Gasteiger partial charge in [-0.15, -0.1) is 11.8 Å². The highest BCUT2D eigenvalue weighted by Gasteiger charge is 2.35. The van der Waals surface area contributed by atoms with E-state index in [9.17, 15) is 9.50 Å². The van der Waals surface area contributed by atoms with E-state index in [0.717, 1.165) is 12.8 Å². The highest BCUT2D eigenvalue weighted by Crippen LogP contribution is 2.41. The van der Waals surface area contributed by atoms with E-state index in [4.69, 9.17) is 0 Å². The van der Waals surface area contributed by atoms with Crippen LogP contribution in [0.4, 0.5) is 4.39 Å². The Kier molecular flexibility index (Phi) is 3.03. The molecule has 1 saturated carbocycles. The van der Waals surface area contributed by atoms with Crippen LogP contribution < -0.4 is 0 Å². The molecule has 0 atom stereocenters. The molecule has 82 valence electrons. The van der Waals surface area contributed by atoms with E-state index in [1.165, 1.54) is 11.8 Å². The lowest BCUT2D eigenvalue weighted by Gasteiger charge is -2.23. The Labute approximate surface area is 93.7 Å². The predicted octanol–water partition coefficient (Wildman–Crippen LogP) is 3.31. The number of hydrogen-bond acceptors (Lipinski definition) is 2. The molecule has 3 heteroatoms. The van der Waals surface area contributed by atoms with Crippen LogP contribution in [0.25, 0.3) is 0 Å². The van der Waals surface area contributed by atoms with Gasteiger partial charge in [0.2, 0.25) is 0 Å². The van der Waals surface area contributed by atoms with Crippen LogP contribution in [0.2, 0.25) is 0 Å². The molecule has 1 aliphatic rings. The average Bonchev–Trinajstić information content (AvgIpc) is 2.66. The van der Waals surface area contributed by atoms with Gasteiger partial charge in [-0.2, -0.15) is 0 Å². The standard InChI is InChI=1S/C12H15FOS/c1-15-10-6-4-5-9(11(10)13)12(14)7-2-3-8-12/h4-6,14H,2-3,7-8H2,1H3. The third kappa shape index (κ3) is 1.91. The summed E-state index contributed by atoms with van der Waals surface area (Å²) in [6, 6.07) is 5.28. The molecule has 0 aliphatic heterocycles. The zero-order valence-corrected chi connectivity index (χ0v) is 9.61. The minimum absolute atomic E-state index is 0.241. The van der Waals surface area contributed by atoms with Gasteiger partial charge in [-0.1, -0.05) is 25.0 Å². The molecule has 0 saturated heterocycles. The fraction of sp³-hybridized carbons (Fsp3) is 0.500. The normalized spacial score (nSPS) is 19.4. The highest BCUT2D eigenvalue weighted by atomic mass is 32.2. The molecule has 0 radical (unpaired) electrons. The second-order valence-electron chi connectivity index (χ2n) is 4.06. The lowest BCUT2D eigenvalue weighted by molar-refractivity contribution is 0.0403. The molecule has 1 nitrogen and oxygen atoms in total. The molecule has 1 aromatic carbocycles. The van der Waals surface area contributed by atoms with E-state index in [0.29, 0.717) is 23.3 Å². The van der Waals surface area contributed by atoms with Crippen LogP contribution in [0, 0.1) is 5.82 Å². The molecule has 0 amide bonds. The third-order valence-electron chi connectivity index (χ3n) is 3.12. The molecule has 15 heavy (non-hydrogen) atoms. The molecule has 0 bridgehead atoms. The number of aliphatic hydroxyl groups is 1. The maximum absolute atomic E-state index is 14.0. The van der Waals surface area contributed by atoms with Crippen molar-refractivity contribution < 1.29 is 9.50 Å². The molecule has 0 heterocycles. The van der Waals surface area contributed by atoms with Gasteiger partial charge in [0.15, 0.2) is 0 Å². The van der Waals surface area contributed by atoms with E-state index >= 15 is 0 Å². The lowest BCUT2D eigenvalue weighted by Crippen LogP contribution is -2.22. The fourth-order valence-corrected chi connectivity index (χ4v) is 2.76. The van der Waals surface area contributed by atoms with Gasteiger partial charge in [0.1, 0.15) is 5.82 Å². The van der Waals surface area contributed by atoms with Gasteiger partial charge in [0.25, 0.3) is 0 Å². The summed E-state index contributed by atoms with van der Waals surface area (Å²) < 4.78 is 14.0. The van der Waals surface area contributed by atoms with Crippen molar-refractivity contribution in [1.82, 2.24) is 0 Å². The third-order valence-corrected chi connectivity index (χ3v) is 3.87. The number of rotatable bonds is 2. The van der Waals surface area contributed by atoms with Crippen molar-refractivity contribution in [2.45, 2.75) is 36.2 Å². The van der Waals surface area contributed by atoms with Gasteiger partial charge in [0.05, 0.1) is 5.60 Å². The second kappa shape index (κ2) is 4.14. The summed E-state index contributed by atoms with van der Waals surface area (Å²) in [4.78, 5) is 0.618. The van der Waals surface area contributed by atoms with Crippen molar-refractivity contribution in [3.63, 3.8) is 0 Å². The molecular weight excluding hydrogens is 211 g/mol. The zero-order valence-electron chi connectivity index (χ0n) is 8.79. The Morgan fingerprint density at radius 1 is 1.33 bits per heavy atom. The predicted molar refractivity (Wildman–Crippen MR) is 60.5 cm³/mol. The Hall–Kier alpha value is -0.540. The first kappa shape index (κ1) is 11.0. The van der Waals surface area contributed by atoms with Gasteiger partial charge in [0, 0.05) is 10.5 Å². The van der Waals surface area contributed by atoms with E-state index in [-0.39, 0.29) is 5.82 Å². The molecule has 2 rings (SSSR count). The summed E-state index contributed by atoms with van der Waals surface area (Å²) in [5, 5.41) is 10.3. The molecule has 0 spiro atoms. The minimum Gasteiger partial charge on any atom is -0.385 e. The van der Waals surface area contributed by atoms with Crippen molar-refractivity contribution in [3.8, 4) is 0 Å². The summed E-state index contributed by atoms with van der Waals surface area (Å²) in [6.07, 6.45) is 5.18. The van der Waals surface area contributed by atoms with E-state index in [2.05, 4.69) is 0 Å². The Bertz CT molecular complexity index is 359. The fourth-order valence-electron chi connectivity index (χ4n) is 2.26. The number of benzene rings is 1. The molecule has 0 unspecified atom stereocenters.